The molecule has 89 heavy (non-hydrogen) atoms. The highest BCUT2D eigenvalue weighted by Gasteiger charge is 2.37. The highest BCUT2D eigenvalue weighted by atomic mass is 16.4. The molecule has 0 saturated carbocycles. The van der Waals surface area contributed by atoms with Gasteiger partial charge < -0.3 is 96.3 Å². The van der Waals surface area contributed by atoms with Crippen molar-refractivity contribution in [1.82, 2.24) is 47.9 Å². The van der Waals surface area contributed by atoms with E-state index in [0.717, 1.165) is 0 Å². The minimum Gasteiger partial charge on any atom is -0.508 e. The molecule has 0 aromatic heterocycles. The Bertz CT molecular complexity index is 2600. The number of nitrogens with one attached hydrogen (secondary N) is 9. The number of unbranched alkanes of at least 4 members (excludes halogenated alkanes) is 1. The van der Waals surface area contributed by atoms with Gasteiger partial charge in [0.25, 0.3) is 0 Å². The molecule has 0 spiro atoms. The number of hydrogen-bond acceptors (Lipinski definition) is 17. The van der Waals surface area contributed by atoms with Crippen molar-refractivity contribution in [2.24, 2.45) is 51.6 Å². The van der Waals surface area contributed by atoms with Gasteiger partial charge in [-0.15, -0.1) is 0 Å². The molecule has 22 N–H and O–H groups in total. The van der Waals surface area contributed by atoms with Crippen molar-refractivity contribution in [1.29, 1.82) is 0 Å². The lowest BCUT2D eigenvalue weighted by Gasteiger charge is -2.29. The van der Waals surface area contributed by atoms with Gasteiger partial charge >= 0.3 is 23.9 Å². The standard InChI is InChI=1S/C57H94N14O18/c1-28(2)20-34(59)47(79)65-37(21-29(3)4)50(82)64-36(13-11-19-62-57(60)61)49(81)68-40(24-32-14-16-33(72)17-15-32)53(85)67-38(22-30(5)6)51(83)66-39(23-31(7)8)52(84)70-41(25-44(73)74)54(86)63-35(12-9-10-18-58)48(80)69-42(26-45(75)76)55(87)71-43(56(88)89)27-46(77)78/h14-17,28-31,34-43,72H,9-13,18-27,58-59H2,1-8H3,(H,63,86)(H,64,82)(H,65,79)(H,66,83)(H,67,85)(H,68,81)(H,69,80)(H,70,84)(H,71,87)(H,73,74)(H,75,76)(H,77,78)(H,88,89)(H4,60,61,62)/t34-,35-,36-,37-,38-,39-,40-,41-,42-,43-/m0/s1. The maximum atomic E-state index is 14.6. The largest absolute Gasteiger partial charge is 0.508 e. The molecule has 1 aromatic carbocycles. The molecule has 0 aliphatic rings. The number of benzene rings is 1. The predicted molar refractivity (Wildman–Crippen MR) is 322 cm³/mol. The molecule has 0 aliphatic heterocycles. The Hall–Kier alpha value is -8.68. The minimum absolute atomic E-state index is 0.0288. The number of carbonyl (C=O) groups is 13. The molecule has 0 aliphatic carbocycles. The number of rotatable bonds is 43. The van der Waals surface area contributed by atoms with Crippen LogP contribution in [0.4, 0.5) is 0 Å². The zero-order chi connectivity index (χ0) is 67.8. The van der Waals surface area contributed by atoms with Gasteiger partial charge in [-0.2, -0.15) is 0 Å². The predicted octanol–water partition coefficient (Wildman–Crippen LogP) is -2.50. The first-order chi connectivity index (χ1) is 41.5. The fourth-order valence-corrected chi connectivity index (χ4v) is 8.93. The van der Waals surface area contributed by atoms with Crippen molar-refractivity contribution in [3.05, 3.63) is 29.8 Å². The molecule has 0 bridgehead atoms. The van der Waals surface area contributed by atoms with Crippen molar-refractivity contribution in [2.75, 3.05) is 13.1 Å². The molecule has 0 saturated heterocycles. The summed E-state index contributed by atoms with van der Waals surface area (Å²) in [4.78, 5) is 177. The molecule has 0 unspecified atom stereocenters. The van der Waals surface area contributed by atoms with Crippen molar-refractivity contribution in [3.63, 3.8) is 0 Å². The quantitative estimate of drug-likeness (QED) is 0.0183. The van der Waals surface area contributed by atoms with Crippen LogP contribution in [-0.4, -0.2) is 182 Å². The highest BCUT2D eigenvalue weighted by molar-refractivity contribution is 6.00. The molecule has 500 valence electrons. The molecule has 0 heterocycles. The third-order valence-electron chi connectivity index (χ3n) is 13.3. The van der Waals surface area contributed by atoms with Crippen molar-refractivity contribution in [2.45, 2.75) is 199 Å². The number of aromatic hydroxyl groups is 1. The number of carbonyl (C=O) groups excluding carboxylic acids is 9. The maximum Gasteiger partial charge on any atom is 0.326 e. The average Bonchev–Trinajstić information content (AvgIpc) is 3.34. The molecule has 32 nitrogen and oxygen atoms in total. The highest BCUT2D eigenvalue weighted by Crippen LogP contribution is 2.16. The summed E-state index contributed by atoms with van der Waals surface area (Å²) in [6, 6.07) is -10.1. The van der Waals surface area contributed by atoms with E-state index in [1.54, 1.807) is 27.7 Å². The second kappa shape index (κ2) is 40.0. The lowest BCUT2D eigenvalue weighted by Crippen LogP contribution is -2.61. The molecule has 1 rings (SSSR count). The molecule has 9 amide bonds. The molecule has 0 radical (unpaired) electrons. The van der Waals surface area contributed by atoms with Crippen LogP contribution >= 0.6 is 0 Å². The Morgan fingerprint density at radius 1 is 0.416 bits per heavy atom. The third-order valence-corrected chi connectivity index (χ3v) is 13.3. The molecule has 32 heteroatoms. The summed E-state index contributed by atoms with van der Waals surface area (Å²) >= 11 is 0. The topological polar surface area (TPSA) is 548 Å². The fraction of sp³-hybridized carbons (Fsp3) is 0.649. The van der Waals surface area contributed by atoms with Crippen LogP contribution in [0, 0.1) is 23.7 Å². The fourth-order valence-electron chi connectivity index (χ4n) is 8.93. The van der Waals surface area contributed by atoms with E-state index in [2.05, 4.69) is 47.5 Å². The molecular weight excluding hydrogens is 1170 g/mol. The van der Waals surface area contributed by atoms with Gasteiger partial charge in [0.05, 0.1) is 25.3 Å². The van der Waals surface area contributed by atoms with Crippen LogP contribution in [-0.2, 0) is 68.7 Å². The Balaban J connectivity index is 3.74. The van der Waals surface area contributed by atoms with Gasteiger partial charge in [-0.05, 0) is 106 Å². The van der Waals surface area contributed by atoms with E-state index < -0.39 is 157 Å². The van der Waals surface area contributed by atoms with Crippen molar-refractivity contribution < 1.29 is 87.9 Å². The zero-order valence-electron chi connectivity index (χ0n) is 51.8. The summed E-state index contributed by atoms with van der Waals surface area (Å²) in [6.07, 6.45) is -3.21. The summed E-state index contributed by atoms with van der Waals surface area (Å²) in [5, 5.41) is 70.0. The van der Waals surface area contributed by atoms with Crippen LogP contribution in [0.1, 0.15) is 138 Å². The summed E-state index contributed by atoms with van der Waals surface area (Å²) < 4.78 is 0. The van der Waals surface area contributed by atoms with Gasteiger partial charge in [0.15, 0.2) is 5.96 Å². The molecule has 0 fully saturated rings. The molecule has 1 aromatic rings. The summed E-state index contributed by atoms with van der Waals surface area (Å²) in [7, 11) is 0. The maximum absolute atomic E-state index is 14.6. The normalized spacial score (nSPS) is 14.6. The SMILES string of the molecule is CC(C)C[C@H](NC(=O)[C@H](CC(C)C)NC(=O)[C@H](Cc1ccc(O)cc1)NC(=O)[C@H](CCCN=C(N)N)NC(=O)[C@H](CC(C)C)NC(=O)[C@@H](N)CC(C)C)C(=O)N[C@@H](CC(=O)O)C(=O)N[C@@H](CCCCN)C(=O)N[C@@H](CC(=O)O)C(=O)N[C@@H](CC(=O)O)C(=O)O. The van der Waals surface area contributed by atoms with Crippen LogP contribution in [0.5, 0.6) is 5.75 Å². The Morgan fingerprint density at radius 3 is 1.10 bits per heavy atom. The third kappa shape index (κ3) is 32.2. The van der Waals surface area contributed by atoms with Crippen molar-refractivity contribution >= 4 is 83.0 Å². The Labute approximate surface area is 516 Å². The lowest BCUT2D eigenvalue weighted by molar-refractivity contribution is -0.148. The first-order valence-corrected chi connectivity index (χ1v) is 29.4. The van der Waals surface area contributed by atoms with E-state index in [1.165, 1.54) is 24.3 Å². The van der Waals surface area contributed by atoms with E-state index in [4.69, 9.17) is 28.0 Å². The van der Waals surface area contributed by atoms with Gasteiger partial charge in [-0.1, -0.05) is 67.5 Å². The lowest BCUT2D eigenvalue weighted by atomic mass is 9.98. The smallest absolute Gasteiger partial charge is 0.326 e. The monoisotopic (exact) mass is 1260 g/mol. The number of nitrogens with two attached hydrogens (primary N) is 4. The van der Waals surface area contributed by atoms with Gasteiger partial charge in [0, 0.05) is 13.0 Å². The summed E-state index contributed by atoms with van der Waals surface area (Å²) in [5.74, 6) is -16.9. The van der Waals surface area contributed by atoms with E-state index in [1.807, 2.05) is 33.0 Å². The number of phenols is 1. The second-order valence-corrected chi connectivity index (χ2v) is 23.4. The molecule has 10 atom stereocenters. The number of hydrogen-bond donors (Lipinski definition) is 18. The van der Waals surface area contributed by atoms with Gasteiger partial charge in [0.2, 0.25) is 53.2 Å². The number of amides is 9. The van der Waals surface area contributed by atoms with E-state index in [-0.39, 0.29) is 106 Å². The second-order valence-electron chi connectivity index (χ2n) is 23.4. The summed E-state index contributed by atoms with van der Waals surface area (Å²) in [6.45, 7) is 14.3. The van der Waals surface area contributed by atoms with Crippen LogP contribution in [0.3, 0.4) is 0 Å². The first-order valence-electron chi connectivity index (χ1n) is 29.4. The Morgan fingerprint density at radius 2 is 0.730 bits per heavy atom. The van der Waals surface area contributed by atoms with Crippen LogP contribution < -0.4 is 70.8 Å². The van der Waals surface area contributed by atoms with Crippen LogP contribution in [0.25, 0.3) is 0 Å². The minimum atomic E-state index is -2.05. The average molecular weight is 1260 g/mol. The number of aliphatic carboxylic acids is 4. The molecular formula is C57H94N14O18. The number of phenolic OH excluding ortho intramolecular Hbond substituents is 1. The van der Waals surface area contributed by atoms with Crippen LogP contribution in [0.2, 0.25) is 0 Å². The van der Waals surface area contributed by atoms with E-state index in [0.29, 0.717) is 12.0 Å². The van der Waals surface area contributed by atoms with Gasteiger partial charge in [0.1, 0.15) is 60.1 Å². The number of carboxylic acid groups (broad SMARTS) is 4. The summed E-state index contributed by atoms with van der Waals surface area (Å²) in [5.41, 5.74) is 23.3. The van der Waals surface area contributed by atoms with Crippen molar-refractivity contribution in [3.8, 4) is 5.75 Å². The van der Waals surface area contributed by atoms with E-state index >= 15 is 0 Å². The number of nitrogens with zero attached hydrogens (tertiary/aromatic N) is 1. The van der Waals surface area contributed by atoms with Gasteiger partial charge in [-0.25, -0.2) is 4.79 Å². The number of guanidine groups is 1. The van der Waals surface area contributed by atoms with E-state index in [9.17, 15) is 82.8 Å². The van der Waals surface area contributed by atoms with Crippen LogP contribution in [0.15, 0.2) is 29.3 Å². The first kappa shape index (κ1) is 78.3. The number of carboxylic acids is 4. The zero-order valence-corrected chi connectivity index (χ0v) is 51.8. The Kier molecular flexibility index (Phi) is 35.2. The van der Waals surface area contributed by atoms with Gasteiger partial charge in [-0.3, -0.25) is 62.5 Å². The number of aliphatic imine (C=N–C) groups is 1.